The summed E-state index contributed by atoms with van der Waals surface area (Å²) in [6, 6.07) is 14.1. The van der Waals surface area contributed by atoms with Crippen LogP contribution >= 0.6 is 0 Å². The molecule has 4 rings (SSSR count). The number of carbonyl (C=O) groups excluding carboxylic acids is 1. The Morgan fingerprint density at radius 1 is 1.06 bits per heavy atom. The summed E-state index contributed by atoms with van der Waals surface area (Å²) in [6.07, 6.45) is 4.40. The van der Waals surface area contributed by atoms with Crippen molar-refractivity contribution in [3.8, 4) is 0 Å². The van der Waals surface area contributed by atoms with Crippen molar-refractivity contribution in [3.63, 3.8) is 0 Å². The first-order valence-electron chi connectivity index (χ1n) is 11.6. The lowest BCUT2D eigenvalue weighted by Crippen LogP contribution is -2.56. The summed E-state index contributed by atoms with van der Waals surface area (Å²) in [6.45, 7) is 6.67. The van der Waals surface area contributed by atoms with Crippen LogP contribution in [0.5, 0.6) is 0 Å². The largest absolute Gasteiger partial charge is 0.389 e. The van der Waals surface area contributed by atoms with Crippen LogP contribution < -0.4 is 4.90 Å². The molecule has 0 aromatic heterocycles. The number of hydrogen-bond donors (Lipinski definition) is 1. The molecule has 0 radical (unpaired) electrons. The molecule has 1 amide bonds. The first kappa shape index (κ1) is 21.8. The summed E-state index contributed by atoms with van der Waals surface area (Å²) in [5, 5.41) is 11.5. The minimum atomic E-state index is -0.722. The zero-order valence-electron chi connectivity index (χ0n) is 18.6. The third-order valence-corrected chi connectivity index (χ3v) is 7.28. The van der Waals surface area contributed by atoms with E-state index in [9.17, 15) is 14.3 Å². The van der Waals surface area contributed by atoms with E-state index in [1.54, 1.807) is 12.1 Å². The number of rotatable bonds is 5. The van der Waals surface area contributed by atoms with Crippen molar-refractivity contribution < 1.29 is 14.3 Å². The number of anilines is 1. The molecule has 2 aliphatic rings. The zero-order valence-corrected chi connectivity index (χ0v) is 18.6. The maximum atomic E-state index is 13.5. The SMILES string of the molecule is CCN(CC)c1ccc([C@@H]2[C@H]3CCCC[C@]3(O)CCN2C(=O)c2ccc(F)cc2)cc1. The number of carbonyl (C=O) groups is 1. The molecule has 31 heavy (non-hydrogen) atoms. The Hall–Kier alpha value is -2.40. The predicted molar refractivity (Wildman–Crippen MR) is 122 cm³/mol. The molecule has 5 heteroatoms. The predicted octanol–water partition coefficient (Wildman–Crippen LogP) is 5.18. The van der Waals surface area contributed by atoms with Gasteiger partial charge in [-0.3, -0.25) is 4.79 Å². The van der Waals surface area contributed by atoms with Gasteiger partial charge in [0.05, 0.1) is 11.6 Å². The molecule has 2 fully saturated rings. The second-order valence-electron chi connectivity index (χ2n) is 8.92. The highest BCUT2D eigenvalue weighted by Crippen LogP contribution is 2.49. The highest BCUT2D eigenvalue weighted by molar-refractivity contribution is 5.94. The van der Waals surface area contributed by atoms with Crippen molar-refractivity contribution in [1.29, 1.82) is 0 Å². The van der Waals surface area contributed by atoms with Crippen LogP contribution in [0.3, 0.4) is 0 Å². The number of nitrogens with zero attached hydrogens (tertiary/aromatic N) is 2. The van der Waals surface area contributed by atoms with Crippen LogP contribution in [-0.4, -0.2) is 41.1 Å². The van der Waals surface area contributed by atoms with Gasteiger partial charge in [0, 0.05) is 36.8 Å². The summed E-state index contributed by atoms with van der Waals surface area (Å²) >= 11 is 0. The molecule has 2 aromatic rings. The van der Waals surface area contributed by atoms with Gasteiger partial charge in [0.2, 0.25) is 0 Å². The van der Waals surface area contributed by atoms with Crippen molar-refractivity contribution in [2.45, 2.75) is 57.6 Å². The Bertz CT molecular complexity index is 895. The van der Waals surface area contributed by atoms with E-state index in [1.807, 2.05) is 4.90 Å². The van der Waals surface area contributed by atoms with Gasteiger partial charge in [0.15, 0.2) is 0 Å². The molecule has 1 aliphatic heterocycles. The molecule has 1 saturated carbocycles. The van der Waals surface area contributed by atoms with E-state index in [0.717, 1.165) is 44.3 Å². The molecule has 0 unspecified atom stereocenters. The molecule has 0 spiro atoms. The average Bonchev–Trinajstić information content (AvgIpc) is 2.79. The van der Waals surface area contributed by atoms with E-state index in [0.29, 0.717) is 18.5 Å². The minimum Gasteiger partial charge on any atom is -0.389 e. The third-order valence-electron chi connectivity index (χ3n) is 7.28. The zero-order chi connectivity index (χ0) is 22.0. The van der Waals surface area contributed by atoms with Crippen molar-refractivity contribution >= 4 is 11.6 Å². The second-order valence-corrected chi connectivity index (χ2v) is 8.92. The Morgan fingerprint density at radius 2 is 1.74 bits per heavy atom. The van der Waals surface area contributed by atoms with E-state index in [-0.39, 0.29) is 23.7 Å². The van der Waals surface area contributed by atoms with Gasteiger partial charge < -0.3 is 14.9 Å². The van der Waals surface area contributed by atoms with E-state index in [4.69, 9.17) is 0 Å². The number of likely N-dealkylation sites (tertiary alicyclic amines) is 1. The average molecular weight is 425 g/mol. The number of aliphatic hydroxyl groups is 1. The van der Waals surface area contributed by atoms with Gasteiger partial charge in [-0.25, -0.2) is 4.39 Å². The summed E-state index contributed by atoms with van der Waals surface area (Å²) < 4.78 is 13.4. The fourth-order valence-corrected chi connectivity index (χ4v) is 5.55. The lowest BCUT2D eigenvalue weighted by Gasteiger charge is -2.52. The minimum absolute atomic E-state index is 0.0127. The molecule has 166 valence electrons. The molecular formula is C26H33FN2O2. The second kappa shape index (κ2) is 8.99. The van der Waals surface area contributed by atoms with Crippen LogP contribution in [0.15, 0.2) is 48.5 Å². The molecule has 1 aliphatic carbocycles. The molecular weight excluding hydrogens is 391 g/mol. The molecule has 1 saturated heterocycles. The van der Waals surface area contributed by atoms with Gasteiger partial charge in [-0.15, -0.1) is 0 Å². The first-order valence-corrected chi connectivity index (χ1v) is 11.6. The van der Waals surface area contributed by atoms with Crippen LogP contribution in [0.2, 0.25) is 0 Å². The number of benzene rings is 2. The van der Waals surface area contributed by atoms with Gasteiger partial charge >= 0.3 is 0 Å². The van der Waals surface area contributed by atoms with E-state index >= 15 is 0 Å². The van der Waals surface area contributed by atoms with Crippen molar-refractivity contribution in [2.24, 2.45) is 5.92 Å². The molecule has 1 heterocycles. The molecule has 0 bridgehead atoms. The molecule has 3 atom stereocenters. The Labute approximate surface area is 184 Å². The molecule has 4 nitrogen and oxygen atoms in total. The van der Waals surface area contributed by atoms with Crippen LogP contribution in [0.4, 0.5) is 10.1 Å². The highest BCUT2D eigenvalue weighted by Gasteiger charge is 2.50. The summed E-state index contributed by atoms with van der Waals surface area (Å²) in [5.41, 5.74) is 2.00. The van der Waals surface area contributed by atoms with Gasteiger partial charge in [0.25, 0.3) is 5.91 Å². The summed E-state index contributed by atoms with van der Waals surface area (Å²) in [7, 11) is 0. The molecule has 1 N–H and O–H groups in total. The lowest BCUT2D eigenvalue weighted by atomic mass is 9.66. The number of halogens is 1. The van der Waals surface area contributed by atoms with Gasteiger partial charge in [0.1, 0.15) is 5.82 Å². The van der Waals surface area contributed by atoms with Crippen LogP contribution in [0.1, 0.15) is 67.9 Å². The fourth-order valence-electron chi connectivity index (χ4n) is 5.55. The van der Waals surface area contributed by atoms with Crippen molar-refractivity contribution in [2.75, 3.05) is 24.5 Å². The Balaban J connectivity index is 1.70. The lowest BCUT2D eigenvalue weighted by molar-refractivity contribution is -0.115. The first-order chi connectivity index (χ1) is 15.0. The third kappa shape index (κ3) is 4.20. The van der Waals surface area contributed by atoms with Gasteiger partial charge in [-0.1, -0.05) is 25.0 Å². The van der Waals surface area contributed by atoms with Crippen LogP contribution in [0, 0.1) is 11.7 Å². The van der Waals surface area contributed by atoms with E-state index < -0.39 is 5.60 Å². The quantitative estimate of drug-likeness (QED) is 0.719. The highest BCUT2D eigenvalue weighted by atomic mass is 19.1. The number of piperidine rings is 1. The molecule has 2 aromatic carbocycles. The number of fused-ring (bicyclic) bond motifs is 1. The van der Waals surface area contributed by atoms with Crippen molar-refractivity contribution in [1.82, 2.24) is 4.90 Å². The summed E-state index contributed by atoms with van der Waals surface area (Å²) in [5.74, 6) is -0.426. The topological polar surface area (TPSA) is 43.8 Å². The fraction of sp³-hybridized carbons (Fsp3) is 0.500. The maximum Gasteiger partial charge on any atom is 0.254 e. The van der Waals surface area contributed by atoms with E-state index in [1.165, 1.54) is 17.8 Å². The number of hydrogen-bond acceptors (Lipinski definition) is 3. The van der Waals surface area contributed by atoms with Crippen LogP contribution in [-0.2, 0) is 0 Å². The smallest absolute Gasteiger partial charge is 0.254 e. The normalized spacial score (nSPS) is 25.7. The summed E-state index contributed by atoms with van der Waals surface area (Å²) in [4.78, 5) is 17.7. The van der Waals surface area contributed by atoms with E-state index in [2.05, 4.69) is 43.0 Å². The van der Waals surface area contributed by atoms with Crippen LogP contribution in [0.25, 0.3) is 0 Å². The van der Waals surface area contributed by atoms with Crippen molar-refractivity contribution in [3.05, 3.63) is 65.5 Å². The number of amides is 1. The standard InChI is InChI=1S/C26H33FN2O2/c1-3-28(4-2)22-14-10-19(11-15-22)24-23-7-5-6-16-26(23,31)17-18-29(24)25(30)20-8-12-21(27)13-9-20/h8-15,23-24,31H,3-7,16-18H2,1-2H3/t23-,24-,26+/m1/s1. The van der Waals surface area contributed by atoms with Gasteiger partial charge in [-0.2, -0.15) is 0 Å². The maximum absolute atomic E-state index is 13.5. The monoisotopic (exact) mass is 424 g/mol. The Kier molecular flexibility index (Phi) is 6.33. The van der Waals surface area contributed by atoms with Gasteiger partial charge in [-0.05, 0) is 75.1 Å². The Morgan fingerprint density at radius 3 is 2.39 bits per heavy atom.